The lowest BCUT2D eigenvalue weighted by Gasteiger charge is -2.17. The van der Waals surface area contributed by atoms with Crippen LogP contribution in [0.4, 0.5) is 0 Å². The Morgan fingerprint density at radius 3 is 2.42 bits per heavy atom. The van der Waals surface area contributed by atoms with Gasteiger partial charge < -0.3 is 9.84 Å². The van der Waals surface area contributed by atoms with Gasteiger partial charge in [-0.2, -0.15) is 0 Å². The Morgan fingerprint density at radius 1 is 1.42 bits per heavy atom. The number of ether oxygens (including phenoxy) is 1. The minimum absolute atomic E-state index is 0.101. The molecule has 0 aliphatic heterocycles. The SMILES string of the molecule is CC(C)(C)CCOC(=O)CCO. The Labute approximate surface area is 73.7 Å². The van der Waals surface area contributed by atoms with Gasteiger partial charge in [-0.15, -0.1) is 0 Å². The fraction of sp³-hybridized carbons (Fsp3) is 0.889. The maximum atomic E-state index is 10.7. The molecule has 72 valence electrons. The molecule has 0 atom stereocenters. The first-order valence-corrected chi connectivity index (χ1v) is 4.22. The molecule has 3 nitrogen and oxygen atoms in total. The third kappa shape index (κ3) is 7.54. The smallest absolute Gasteiger partial charge is 0.308 e. The molecule has 0 unspecified atom stereocenters. The standard InChI is InChI=1S/C9H18O3/c1-9(2,3)5-7-12-8(11)4-6-10/h10H,4-7H2,1-3H3. The number of carbonyl (C=O) groups is 1. The summed E-state index contributed by atoms with van der Waals surface area (Å²) in [6, 6.07) is 0. The Bertz CT molecular complexity index is 135. The van der Waals surface area contributed by atoms with Crippen LogP contribution in [0.2, 0.25) is 0 Å². The fourth-order valence-corrected chi connectivity index (χ4v) is 0.635. The zero-order valence-corrected chi connectivity index (χ0v) is 8.09. The molecule has 0 aromatic carbocycles. The average molecular weight is 174 g/mol. The molecule has 0 spiro atoms. The normalized spacial score (nSPS) is 11.3. The highest BCUT2D eigenvalue weighted by atomic mass is 16.5. The van der Waals surface area contributed by atoms with Crippen LogP contribution >= 0.6 is 0 Å². The van der Waals surface area contributed by atoms with Crippen molar-refractivity contribution in [2.75, 3.05) is 13.2 Å². The first kappa shape index (κ1) is 11.4. The summed E-state index contributed by atoms with van der Waals surface area (Å²) in [5.41, 5.74) is 0.194. The van der Waals surface area contributed by atoms with Crippen LogP contribution in [0.1, 0.15) is 33.6 Å². The summed E-state index contributed by atoms with van der Waals surface area (Å²) in [5.74, 6) is -0.318. The van der Waals surface area contributed by atoms with Crippen molar-refractivity contribution in [1.82, 2.24) is 0 Å². The summed E-state index contributed by atoms with van der Waals surface area (Å²) in [6.07, 6.45) is 0.953. The molecule has 0 radical (unpaired) electrons. The first-order valence-electron chi connectivity index (χ1n) is 4.22. The number of hydrogen-bond acceptors (Lipinski definition) is 3. The molecular formula is C9H18O3. The van der Waals surface area contributed by atoms with Crippen LogP contribution in [0, 0.1) is 5.41 Å². The molecule has 0 bridgehead atoms. The number of hydrogen-bond donors (Lipinski definition) is 1. The largest absolute Gasteiger partial charge is 0.466 e. The Hall–Kier alpha value is -0.570. The van der Waals surface area contributed by atoms with E-state index in [2.05, 4.69) is 20.8 Å². The van der Waals surface area contributed by atoms with Gasteiger partial charge in [-0.05, 0) is 11.8 Å². The van der Waals surface area contributed by atoms with Crippen LogP contribution in [0.3, 0.4) is 0 Å². The van der Waals surface area contributed by atoms with Crippen LogP contribution < -0.4 is 0 Å². The predicted molar refractivity (Wildman–Crippen MR) is 46.7 cm³/mol. The maximum absolute atomic E-state index is 10.7. The molecule has 3 heteroatoms. The lowest BCUT2D eigenvalue weighted by molar-refractivity contribution is -0.144. The van der Waals surface area contributed by atoms with E-state index in [0.29, 0.717) is 6.61 Å². The second kappa shape index (κ2) is 5.14. The van der Waals surface area contributed by atoms with Gasteiger partial charge in [-0.25, -0.2) is 0 Å². The van der Waals surface area contributed by atoms with Crippen molar-refractivity contribution in [3.8, 4) is 0 Å². The van der Waals surface area contributed by atoms with Crippen molar-refractivity contribution in [3.05, 3.63) is 0 Å². The van der Waals surface area contributed by atoms with Gasteiger partial charge in [0.25, 0.3) is 0 Å². The first-order chi connectivity index (χ1) is 5.45. The van der Waals surface area contributed by atoms with Gasteiger partial charge in [0.2, 0.25) is 0 Å². The van der Waals surface area contributed by atoms with Crippen molar-refractivity contribution in [3.63, 3.8) is 0 Å². The van der Waals surface area contributed by atoms with Gasteiger partial charge in [0.05, 0.1) is 19.6 Å². The number of aliphatic hydroxyl groups excluding tert-OH is 1. The lowest BCUT2D eigenvalue weighted by Crippen LogP contribution is -2.13. The van der Waals surface area contributed by atoms with Gasteiger partial charge in [0, 0.05) is 0 Å². The Kier molecular flexibility index (Phi) is 4.90. The minimum atomic E-state index is -0.318. The topological polar surface area (TPSA) is 46.5 Å². The van der Waals surface area contributed by atoms with Crippen LogP contribution in [0.25, 0.3) is 0 Å². The average Bonchev–Trinajstić information content (AvgIpc) is 1.84. The van der Waals surface area contributed by atoms with Crippen molar-refractivity contribution in [1.29, 1.82) is 0 Å². The molecule has 0 heterocycles. The summed E-state index contributed by atoms with van der Waals surface area (Å²) in [5, 5.41) is 8.40. The molecule has 0 fully saturated rings. The van der Waals surface area contributed by atoms with E-state index >= 15 is 0 Å². The van der Waals surface area contributed by atoms with E-state index in [1.807, 2.05) is 0 Å². The quantitative estimate of drug-likeness (QED) is 0.654. The third-order valence-electron chi connectivity index (χ3n) is 1.43. The van der Waals surface area contributed by atoms with E-state index in [-0.39, 0.29) is 24.4 Å². The molecule has 0 saturated carbocycles. The van der Waals surface area contributed by atoms with Crippen molar-refractivity contribution < 1.29 is 14.6 Å². The zero-order valence-electron chi connectivity index (χ0n) is 8.09. The molecule has 0 aromatic rings. The van der Waals surface area contributed by atoms with Gasteiger partial charge in [0.1, 0.15) is 0 Å². The van der Waals surface area contributed by atoms with E-state index in [1.54, 1.807) is 0 Å². The Balaban J connectivity index is 3.37. The summed E-state index contributed by atoms with van der Waals surface area (Å²) >= 11 is 0. The molecule has 0 rings (SSSR count). The summed E-state index contributed by atoms with van der Waals surface area (Å²) in [4.78, 5) is 10.7. The van der Waals surface area contributed by atoms with Crippen molar-refractivity contribution >= 4 is 5.97 Å². The number of carbonyl (C=O) groups excluding carboxylic acids is 1. The van der Waals surface area contributed by atoms with Crippen molar-refractivity contribution in [2.24, 2.45) is 5.41 Å². The highest BCUT2D eigenvalue weighted by Crippen LogP contribution is 2.17. The van der Waals surface area contributed by atoms with E-state index in [9.17, 15) is 4.79 Å². The second-order valence-corrected chi connectivity index (χ2v) is 4.00. The number of esters is 1. The number of aliphatic hydroxyl groups is 1. The molecule has 0 amide bonds. The van der Waals surface area contributed by atoms with Crippen LogP contribution in [0.5, 0.6) is 0 Å². The van der Waals surface area contributed by atoms with E-state index in [1.165, 1.54) is 0 Å². The predicted octanol–water partition coefficient (Wildman–Crippen LogP) is 1.35. The van der Waals surface area contributed by atoms with Crippen LogP contribution in [0.15, 0.2) is 0 Å². The molecule has 12 heavy (non-hydrogen) atoms. The van der Waals surface area contributed by atoms with Crippen LogP contribution in [-0.4, -0.2) is 24.3 Å². The lowest BCUT2D eigenvalue weighted by atomic mass is 9.93. The van der Waals surface area contributed by atoms with E-state index < -0.39 is 0 Å². The van der Waals surface area contributed by atoms with Crippen molar-refractivity contribution in [2.45, 2.75) is 33.6 Å². The zero-order chi connectivity index (χ0) is 9.61. The molecule has 0 aromatic heterocycles. The number of rotatable bonds is 4. The summed E-state index contributed by atoms with van der Waals surface area (Å²) in [6.45, 7) is 6.59. The van der Waals surface area contributed by atoms with Gasteiger partial charge in [-0.1, -0.05) is 20.8 Å². The van der Waals surface area contributed by atoms with Gasteiger partial charge in [-0.3, -0.25) is 4.79 Å². The third-order valence-corrected chi connectivity index (χ3v) is 1.43. The molecular weight excluding hydrogens is 156 g/mol. The van der Waals surface area contributed by atoms with Gasteiger partial charge in [0.15, 0.2) is 0 Å². The fourth-order valence-electron chi connectivity index (χ4n) is 0.635. The minimum Gasteiger partial charge on any atom is -0.466 e. The highest BCUT2D eigenvalue weighted by molar-refractivity contribution is 5.69. The van der Waals surface area contributed by atoms with E-state index in [0.717, 1.165) is 6.42 Å². The molecule has 0 aliphatic rings. The van der Waals surface area contributed by atoms with E-state index in [4.69, 9.17) is 9.84 Å². The maximum Gasteiger partial charge on any atom is 0.308 e. The summed E-state index contributed by atoms with van der Waals surface area (Å²) < 4.78 is 4.86. The molecule has 1 N–H and O–H groups in total. The molecule has 0 aliphatic carbocycles. The second-order valence-electron chi connectivity index (χ2n) is 4.00. The highest BCUT2D eigenvalue weighted by Gasteiger charge is 2.10. The summed E-state index contributed by atoms with van der Waals surface area (Å²) in [7, 11) is 0. The monoisotopic (exact) mass is 174 g/mol. The molecule has 0 saturated heterocycles. The van der Waals surface area contributed by atoms with Gasteiger partial charge >= 0.3 is 5.97 Å². The Morgan fingerprint density at radius 2 is 2.00 bits per heavy atom. The van der Waals surface area contributed by atoms with Crippen LogP contribution in [-0.2, 0) is 9.53 Å².